The van der Waals surface area contributed by atoms with Crippen molar-refractivity contribution in [2.45, 2.75) is 69.7 Å². The van der Waals surface area contributed by atoms with Gasteiger partial charge in [-0.3, -0.25) is 4.90 Å². The maximum absolute atomic E-state index is 16.1. The van der Waals surface area contributed by atoms with Crippen LogP contribution in [0.3, 0.4) is 0 Å². The lowest BCUT2D eigenvalue weighted by Crippen LogP contribution is -2.59. The van der Waals surface area contributed by atoms with Crippen LogP contribution in [0.2, 0.25) is 0 Å². The molecule has 3 fully saturated rings. The number of pyridine rings is 1. The second-order valence-corrected chi connectivity index (χ2v) is 12.2. The van der Waals surface area contributed by atoms with E-state index in [1.165, 1.54) is 34.9 Å². The highest BCUT2D eigenvalue weighted by Gasteiger charge is 2.38. The number of aliphatic hydroxyl groups excluding tert-OH is 1. The smallest absolute Gasteiger partial charge is 0.355 e. The van der Waals surface area contributed by atoms with Gasteiger partial charge in [-0.2, -0.15) is 4.98 Å². The van der Waals surface area contributed by atoms with Crippen LogP contribution in [0.5, 0.6) is 0 Å². The van der Waals surface area contributed by atoms with Gasteiger partial charge in [0.25, 0.3) is 0 Å². The Morgan fingerprint density at radius 2 is 1.70 bits per heavy atom. The summed E-state index contributed by atoms with van der Waals surface area (Å²) in [5.74, 6) is -0.915. The number of hydrogen-bond acceptors (Lipinski definition) is 9. The Balaban J connectivity index is 1.51. The van der Waals surface area contributed by atoms with Crippen molar-refractivity contribution in [3.63, 3.8) is 0 Å². The van der Waals surface area contributed by atoms with Crippen LogP contribution in [0.15, 0.2) is 48.0 Å². The SMILES string of the molecule is C=CC(O)N1C[C@H](C)N(c2nc(=O)n(-c3c(C4CC4)ncnc3C3CC3)c3nc(-c4c(N)cccc4F)c(F)cc23)C[C@H]1C. The third-order valence-corrected chi connectivity index (χ3v) is 8.97. The van der Waals surface area contributed by atoms with Crippen LogP contribution < -0.4 is 16.3 Å². The third-order valence-electron chi connectivity index (χ3n) is 8.97. The van der Waals surface area contributed by atoms with Gasteiger partial charge in [-0.05, 0) is 63.8 Å². The zero-order chi connectivity index (χ0) is 30.9. The van der Waals surface area contributed by atoms with Gasteiger partial charge in [0.2, 0.25) is 0 Å². The number of piperazine rings is 1. The van der Waals surface area contributed by atoms with Gasteiger partial charge in [0.1, 0.15) is 29.9 Å². The Bertz CT molecular complexity index is 1800. The summed E-state index contributed by atoms with van der Waals surface area (Å²) in [5, 5.41) is 10.8. The van der Waals surface area contributed by atoms with Gasteiger partial charge in [0.15, 0.2) is 11.5 Å². The molecule has 7 rings (SSSR count). The molecule has 12 heteroatoms. The second kappa shape index (κ2) is 10.7. The summed E-state index contributed by atoms with van der Waals surface area (Å²) in [7, 11) is 0. The fraction of sp³-hybridized carbons (Fsp3) is 0.406. The van der Waals surface area contributed by atoms with Gasteiger partial charge in [-0.1, -0.05) is 12.6 Å². The number of nitrogen functional groups attached to an aromatic ring is 1. The van der Waals surface area contributed by atoms with Gasteiger partial charge in [-0.25, -0.2) is 33.1 Å². The minimum absolute atomic E-state index is 0.0265. The van der Waals surface area contributed by atoms with E-state index in [4.69, 9.17) is 5.73 Å². The first-order chi connectivity index (χ1) is 21.2. The molecule has 4 heterocycles. The van der Waals surface area contributed by atoms with Crippen LogP contribution in [0, 0.1) is 11.6 Å². The number of benzene rings is 1. The molecule has 1 aliphatic heterocycles. The average molecular weight is 601 g/mol. The van der Waals surface area contributed by atoms with E-state index >= 15 is 8.78 Å². The molecule has 3 aliphatic rings. The number of aromatic nitrogens is 5. The molecule has 0 radical (unpaired) electrons. The Morgan fingerprint density at radius 3 is 2.32 bits per heavy atom. The third kappa shape index (κ3) is 4.72. The van der Waals surface area contributed by atoms with Crippen molar-refractivity contribution in [3.8, 4) is 16.9 Å². The predicted molar refractivity (Wildman–Crippen MR) is 164 cm³/mol. The zero-order valence-electron chi connectivity index (χ0n) is 24.6. The van der Waals surface area contributed by atoms with E-state index in [1.807, 2.05) is 23.6 Å². The molecule has 10 nitrogen and oxygen atoms in total. The molecule has 0 amide bonds. The fourth-order valence-corrected chi connectivity index (χ4v) is 6.39. The largest absolute Gasteiger partial charge is 0.398 e. The molecule has 0 bridgehead atoms. The summed E-state index contributed by atoms with van der Waals surface area (Å²) >= 11 is 0. The van der Waals surface area contributed by atoms with Crippen LogP contribution in [0.25, 0.3) is 28.0 Å². The number of hydrogen-bond donors (Lipinski definition) is 2. The molecule has 3 N–H and O–H groups in total. The maximum Gasteiger partial charge on any atom is 0.355 e. The Labute approximate surface area is 252 Å². The topological polar surface area (TPSA) is 126 Å². The molecular formula is C32H34F2N8O2. The van der Waals surface area contributed by atoms with Crippen LogP contribution >= 0.6 is 0 Å². The molecule has 2 saturated carbocycles. The summed E-state index contributed by atoms with van der Waals surface area (Å²) in [6.07, 6.45) is 5.91. The average Bonchev–Trinajstić information content (AvgIpc) is 3.92. The molecule has 2 aliphatic carbocycles. The van der Waals surface area contributed by atoms with Crippen molar-refractivity contribution in [2.24, 2.45) is 0 Å². The summed E-state index contributed by atoms with van der Waals surface area (Å²) in [6, 6.07) is 5.05. The quantitative estimate of drug-likeness (QED) is 0.236. The molecule has 228 valence electrons. The molecule has 1 saturated heterocycles. The summed E-state index contributed by atoms with van der Waals surface area (Å²) in [4.78, 5) is 36.5. The summed E-state index contributed by atoms with van der Waals surface area (Å²) in [5.41, 5.74) is 7.24. The van der Waals surface area contributed by atoms with E-state index < -0.39 is 23.6 Å². The zero-order valence-corrected chi connectivity index (χ0v) is 24.6. The lowest BCUT2D eigenvalue weighted by atomic mass is 10.0. The molecule has 1 aromatic carbocycles. The Kier molecular flexibility index (Phi) is 6.93. The highest BCUT2D eigenvalue weighted by Crippen LogP contribution is 2.47. The van der Waals surface area contributed by atoms with Crippen LogP contribution in [-0.4, -0.2) is 65.9 Å². The highest BCUT2D eigenvalue weighted by atomic mass is 19.1. The predicted octanol–water partition coefficient (Wildman–Crippen LogP) is 4.26. The standard InChI is InChI=1S/C32H34F2N8O2/c1-4-24(43)40-13-17(3)41(14-16(40)2)30-20-12-22(34)28(25-21(33)6-5-7-23(25)35)38-31(20)42(32(44)39-30)29-26(18-8-9-18)36-15-37-27(29)19-10-11-19/h4-7,12,15-19,24,43H,1,8-11,13-14,35H2,2-3H3/t16-,17+,24?/m1/s1. The van der Waals surface area contributed by atoms with Crippen molar-refractivity contribution in [1.82, 2.24) is 29.4 Å². The number of aliphatic hydroxyl groups is 1. The number of fused-ring (bicyclic) bond motifs is 1. The van der Waals surface area contributed by atoms with Crippen LogP contribution in [-0.2, 0) is 0 Å². The van der Waals surface area contributed by atoms with Crippen molar-refractivity contribution in [3.05, 3.63) is 76.8 Å². The first-order valence-electron chi connectivity index (χ1n) is 15.0. The van der Waals surface area contributed by atoms with Crippen LogP contribution in [0.1, 0.15) is 62.8 Å². The lowest BCUT2D eigenvalue weighted by Gasteiger charge is -2.46. The van der Waals surface area contributed by atoms with E-state index in [0.29, 0.717) is 24.2 Å². The number of anilines is 2. The van der Waals surface area contributed by atoms with E-state index in [-0.39, 0.29) is 52.3 Å². The molecular weight excluding hydrogens is 566 g/mol. The van der Waals surface area contributed by atoms with Gasteiger partial charge >= 0.3 is 5.69 Å². The maximum atomic E-state index is 16.1. The van der Waals surface area contributed by atoms with Crippen molar-refractivity contribution in [2.75, 3.05) is 23.7 Å². The molecule has 0 spiro atoms. The van der Waals surface area contributed by atoms with E-state index in [0.717, 1.165) is 37.1 Å². The van der Waals surface area contributed by atoms with E-state index in [1.54, 1.807) is 6.33 Å². The van der Waals surface area contributed by atoms with Crippen LogP contribution in [0.4, 0.5) is 20.3 Å². The Morgan fingerprint density at radius 1 is 1.02 bits per heavy atom. The highest BCUT2D eigenvalue weighted by molar-refractivity contribution is 5.91. The molecule has 3 atom stereocenters. The number of halogens is 2. The monoisotopic (exact) mass is 600 g/mol. The number of nitrogens with two attached hydrogens (primary N) is 1. The van der Waals surface area contributed by atoms with Crippen molar-refractivity contribution < 1.29 is 13.9 Å². The fourth-order valence-electron chi connectivity index (χ4n) is 6.39. The number of nitrogens with zero attached hydrogens (tertiary/aromatic N) is 7. The van der Waals surface area contributed by atoms with Crippen molar-refractivity contribution in [1.29, 1.82) is 0 Å². The van der Waals surface area contributed by atoms with Gasteiger partial charge < -0.3 is 15.7 Å². The Hall–Kier alpha value is -4.29. The minimum Gasteiger partial charge on any atom is -0.398 e. The van der Waals surface area contributed by atoms with E-state index in [2.05, 4.69) is 26.5 Å². The first-order valence-corrected chi connectivity index (χ1v) is 15.0. The van der Waals surface area contributed by atoms with Gasteiger partial charge in [0, 0.05) is 42.7 Å². The van der Waals surface area contributed by atoms with Gasteiger partial charge in [0.05, 0.1) is 28.0 Å². The summed E-state index contributed by atoms with van der Waals surface area (Å²) in [6.45, 7) is 8.47. The van der Waals surface area contributed by atoms with Crippen molar-refractivity contribution >= 4 is 22.5 Å². The summed E-state index contributed by atoms with van der Waals surface area (Å²) < 4.78 is 32.6. The lowest BCUT2D eigenvalue weighted by molar-refractivity contribution is 0.0000491. The van der Waals surface area contributed by atoms with E-state index in [9.17, 15) is 9.90 Å². The molecule has 44 heavy (non-hydrogen) atoms. The van der Waals surface area contributed by atoms with Gasteiger partial charge in [-0.15, -0.1) is 0 Å². The minimum atomic E-state index is -0.833. The first kappa shape index (κ1) is 28.5. The molecule has 3 aromatic heterocycles. The normalized spacial score (nSPS) is 21.5. The second-order valence-electron chi connectivity index (χ2n) is 12.2. The number of rotatable bonds is 7. The molecule has 1 unspecified atom stereocenters. The molecule has 4 aromatic rings.